The van der Waals surface area contributed by atoms with Crippen LogP contribution in [0.4, 0.5) is 0 Å². The van der Waals surface area contributed by atoms with Crippen molar-refractivity contribution >= 4 is 17.8 Å². The number of aliphatic carboxylic acids is 1. The van der Waals surface area contributed by atoms with Gasteiger partial charge in [0.25, 0.3) is 5.91 Å². The van der Waals surface area contributed by atoms with Gasteiger partial charge >= 0.3 is 5.97 Å². The summed E-state index contributed by atoms with van der Waals surface area (Å²) in [5, 5.41) is 16.5. The van der Waals surface area contributed by atoms with Gasteiger partial charge in [0.15, 0.2) is 5.76 Å². The summed E-state index contributed by atoms with van der Waals surface area (Å²) in [5.41, 5.74) is 0.900. The van der Waals surface area contributed by atoms with Gasteiger partial charge < -0.3 is 25.1 Å². The fraction of sp³-hybridized carbons (Fsp3) is 0.567. The molecule has 8 nitrogen and oxygen atoms in total. The van der Waals surface area contributed by atoms with Crippen LogP contribution >= 0.6 is 0 Å². The average Bonchev–Trinajstić information content (AvgIpc) is 3.46. The number of carboxylic acid groups (broad SMARTS) is 1. The average molecular weight is 524 g/mol. The molecule has 4 atom stereocenters. The van der Waals surface area contributed by atoms with E-state index in [1.807, 2.05) is 24.3 Å². The molecule has 0 bridgehead atoms. The summed E-state index contributed by atoms with van der Waals surface area (Å²) in [5.74, 6) is -0.420. The zero-order chi connectivity index (χ0) is 27.8. The fourth-order valence-electron chi connectivity index (χ4n) is 5.91. The first-order valence-electron chi connectivity index (χ1n) is 13.6. The largest absolute Gasteiger partial charge is 0.481 e. The number of carboxylic acids is 1. The summed E-state index contributed by atoms with van der Waals surface area (Å²) in [7, 11) is 0. The lowest BCUT2D eigenvalue weighted by molar-refractivity contribution is -0.158. The Labute approximate surface area is 225 Å². The Morgan fingerprint density at radius 1 is 1.08 bits per heavy atom. The molecule has 3 N–H and O–H groups in total. The molecule has 4 rings (SSSR count). The third-order valence-corrected chi connectivity index (χ3v) is 7.93. The van der Waals surface area contributed by atoms with Gasteiger partial charge in [0, 0.05) is 29.7 Å². The molecule has 1 aliphatic carbocycles. The molecule has 1 unspecified atom stereocenters. The number of likely N-dealkylation sites (tertiary alicyclic amines) is 1. The minimum absolute atomic E-state index is 0.0651. The van der Waals surface area contributed by atoms with Crippen LogP contribution in [0, 0.1) is 5.41 Å². The maximum atomic E-state index is 13.4. The van der Waals surface area contributed by atoms with Crippen molar-refractivity contribution in [1.29, 1.82) is 0 Å². The van der Waals surface area contributed by atoms with Gasteiger partial charge in [-0.05, 0) is 77.0 Å². The predicted molar refractivity (Wildman–Crippen MR) is 146 cm³/mol. The molecule has 2 fully saturated rings. The van der Waals surface area contributed by atoms with Gasteiger partial charge in [0.2, 0.25) is 5.91 Å². The van der Waals surface area contributed by atoms with Crippen LogP contribution in [0.5, 0.6) is 0 Å². The minimum atomic E-state index is -1.07. The number of benzene rings is 1. The molecule has 2 aromatic rings. The summed E-state index contributed by atoms with van der Waals surface area (Å²) in [4.78, 5) is 40.4. The van der Waals surface area contributed by atoms with Crippen LogP contribution in [0.2, 0.25) is 0 Å². The molecule has 1 saturated heterocycles. The van der Waals surface area contributed by atoms with E-state index in [0.29, 0.717) is 37.5 Å². The molecule has 2 heterocycles. The summed E-state index contributed by atoms with van der Waals surface area (Å²) < 4.78 is 5.82. The highest BCUT2D eigenvalue weighted by molar-refractivity contribution is 5.96. The summed E-state index contributed by atoms with van der Waals surface area (Å²) in [6.07, 6.45) is 2.27. The molecule has 1 aliphatic heterocycles. The Morgan fingerprint density at radius 3 is 2.37 bits per heavy atom. The van der Waals surface area contributed by atoms with Crippen molar-refractivity contribution in [1.82, 2.24) is 15.5 Å². The topological polar surface area (TPSA) is 112 Å². The highest BCUT2D eigenvalue weighted by Gasteiger charge is 2.52. The smallest absolute Gasteiger partial charge is 0.311 e. The monoisotopic (exact) mass is 523 g/mol. The molecule has 1 saturated carbocycles. The van der Waals surface area contributed by atoms with Crippen LogP contribution in [0.1, 0.15) is 89.3 Å². The van der Waals surface area contributed by atoms with E-state index < -0.39 is 29.4 Å². The number of nitrogens with zero attached hydrogens (tertiary/aromatic N) is 1. The van der Waals surface area contributed by atoms with Crippen LogP contribution in [-0.2, 0) is 9.59 Å². The van der Waals surface area contributed by atoms with E-state index in [0.717, 1.165) is 12.0 Å². The van der Waals surface area contributed by atoms with Crippen molar-refractivity contribution in [3.8, 4) is 11.3 Å². The lowest BCUT2D eigenvalue weighted by atomic mass is 9.68. The number of hydrogen-bond donors (Lipinski definition) is 3. The number of amides is 2. The van der Waals surface area contributed by atoms with E-state index in [-0.39, 0.29) is 23.2 Å². The molecular weight excluding hydrogens is 482 g/mol. The van der Waals surface area contributed by atoms with Crippen molar-refractivity contribution in [2.24, 2.45) is 5.41 Å². The van der Waals surface area contributed by atoms with Crippen molar-refractivity contribution in [2.75, 3.05) is 6.54 Å². The maximum Gasteiger partial charge on any atom is 0.311 e. The van der Waals surface area contributed by atoms with E-state index in [4.69, 9.17) is 4.42 Å². The van der Waals surface area contributed by atoms with Gasteiger partial charge in [0.05, 0.1) is 5.41 Å². The van der Waals surface area contributed by atoms with Crippen molar-refractivity contribution in [2.45, 2.75) is 96.8 Å². The van der Waals surface area contributed by atoms with E-state index >= 15 is 0 Å². The van der Waals surface area contributed by atoms with Crippen molar-refractivity contribution in [3.63, 3.8) is 0 Å². The molecule has 206 valence electrons. The van der Waals surface area contributed by atoms with Gasteiger partial charge in [0.1, 0.15) is 11.8 Å². The first kappa shape index (κ1) is 27.9. The lowest BCUT2D eigenvalue weighted by Gasteiger charge is -2.47. The second-order valence-corrected chi connectivity index (χ2v) is 12.4. The Kier molecular flexibility index (Phi) is 7.75. The number of carbonyl (C=O) groups excluding carboxylic acids is 2. The van der Waals surface area contributed by atoms with Crippen LogP contribution in [-0.4, -0.2) is 58.0 Å². The van der Waals surface area contributed by atoms with Gasteiger partial charge in [-0.3, -0.25) is 14.4 Å². The standard InChI is InChI=1S/C30H41N3O5/c1-18(2)19-7-9-20(10-8-19)23-12-13-24(38-23)26(34)31-22-15-16-33(27(22)35)25-14-11-21(32-29(3,4)5)17-30(25,6)28(36)37/h7-10,12-13,18,21-22,25,32H,11,14-17H2,1-6H3,(H,31,34)(H,36,37)/t21-,22?,25+,30-/m1/s1. The molecule has 2 aliphatic rings. The zero-order valence-corrected chi connectivity index (χ0v) is 23.3. The van der Waals surface area contributed by atoms with Crippen LogP contribution < -0.4 is 10.6 Å². The highest BCUT2D eigenvalue weighted by Crippen LogP contribution is 2.41. The number of carbonyl (C=O) groups is 3. The van der Waals surface area contributed by atoms with E-state index in [2.05, 4.69) is 45.3 Å². The predicted octanol–water partition coefficient (Wildman–Crippen LogP) is 4.80. The SMILES string of the molecule is CC(C)c1ccc(-c2ccc(C(=O)NC3CCN([C@H]4CC[C@@H](NC(C)(C)C)C[C@@]4(C)C(=O)O)C3=O)o2)cc1. The summed E-state index contributed by atoms with van der Waals surface area (Å²) in [6.45, 7) is 12.6. The van der Waals surface area contributed by atoms with Gasteiger partial charge in [-0.2, -0.15) is 0 Å². The number of rotatable bonds is 7. The Bertz CT molecular complexity index is 1180. The van der Waals surface area contributed by atoms with Crippen molar-refractivity contribution in [3.05, 3.63) is 47.7 Å². The first-order valence-corrected chi connectivity index (χ1v) is 13.6. The van der Waals surface area contributed by atoms with E-state index in [1.54, 1.807) is 24.0 Å². The highest BCUT2D eigenvalue weighted by atomic mass is 16.4. The number of hydrogen-bond acceptors (Lipinski definition) is 5. The van der Waals surface area contributed by atoms with E-state index in [9.17, 15) is 19.5 Å². The van der Waals surface area contributed by atoms with Gasteiger partial charge in [-0.25, -0.2) is 0 Å². The zero-order valence-electron chi connectivity index (χ0n) is 23.3. The molecule has 0 spiro atoms. The molecule has 2 amide bonds. The number of furan rings is 1. The molecule has 1 aromatic carbocycles. The Hall–Kier alpha value is -3.13. The van der Waals surface area contributed by atoms with Crippen LogP contribution in [0.3, 0.4) is 0 Å². The molecular formula is C30H41N3O5. The molecule has 38 heavy (non-hydrogen) atoms. The first-order chi connectivity index (χ1) is 17.8. The lowest BCUT2D eigenvalue weighted by Crippen LogP contribution is -2.59. The second kappa shape index (κ2) is 10.6. The Balaban J connectivity index is 1.41. The molecule has 1 aromatic heterocycles. The van der Waals surface area contributed by atoms with Crippen molar-refractivity contribution < 1.29 is 23.9 Å². The third kappa shape index (κ3) is 5.80. The summed E-state index contributed by atoms with van der Waals surface area (Å²) >= 11 is 0. The minimum Gasteiger partial charge on any atom is -0.481 e. The molecule has 8 heteroatoms. The quantitative estimate of drug-likeness (QED) is 0.481. The second-order valence-electron chi connectivity index (χ2n) is 12.4. The van der Waals surface area contributed by atoms with Crippen LogP contribution in [0.25, 0.3) is 11.3 Å². The Morgan fingerprint density at radius 2 is 1.76 bits per heavy atom. The molecule has 0 radical (unpaired) electrons. The normalized spacial score (nSPS) is 26.1. The van der Waals surface area contributed by atoms with E-state index in [1.165, 1.54) is 5.56 Å². The van der Waals surface area contributed by atoms with Gasteiger partial charge in [-0.1, -0.05) is 38.1 Å². The fourth-order valence-corrected chi connectivity index (χ4v) is 5.91. The number of nitrogens with one attached hydrogen (secondary N) is 2. The van der Waals surface area contributed by atoms with Gasteiger partial charge in [-0.15, -0.1) is 0 Å². The third-order valence-electron chi connectivity index (χ3n) is 7.93. The maximum absolute atomic E-state index is 13.4. The summed E-state index contributed by atoms with van der Waals surface area (Å²) in [6, 6.07) is 10.3. The van der Waals surface area contributed by atoms with Crippen LogP contribution in [0.15, 0.2) is 40.8 Å².